The van der Waals surface area contributed by atoms with E-state index in [9.17, 15) is 14.7 Å². The van der Waals surface area contributed by atoms with E-state index in [2.05, 4.69) is 0 Å². The van der Waals surface area contributed by atoms with E-state index in [4.69, 9.17) is 0 Å². The van der Waals surface area contributed by atoms with Crippen LogP contribution in [0.4, 0.5) is 0 Å². The van der Waals surface area contributed by atoms with Crippen LogP contribution in [-0.4, -0.2) is 46.5 Å². The molecular formula is C14H21NO3S. The second kappa shape index (κ2) is 5.00. The number of fused-ring (bicyclic) bond motifs is 1. The number of amides is 1. The zero-order valence-electron chi connectivity index (χ0n) is 11.1. The largest absolute Gasteiger partial charge is 0.481 e. The van der Waals surface area contributed by atoms with Crippen LogP contribution in [0.5, 0.6) is 0 Å². The summed E-state index contributed by atoms with van der Waals surface area (Å²) in [6.07, 6.45) is 4.64. The third-order valence-corrected chi connectivity index (χ3v) is 6.23. The van der Waals surface area contributed by atoms with Crippen molar-refractivity contribution >= 4 is 23.6 Å². The first-order valence-corrected chi connectivity index (χ1v) is 8.39. The number of carbonyl (C=O) groups excluding carboxylic acids is 1. The van der Waals surface area contributed by atoms with E-state index in [-0.39, 0.29) is 17.7 Å². The van der Waals surface area contributed by atoms with Crippen LogP contribution in [0.1, 0.15) is 32.1 Å². The second-order valence-electron chi connectivity index (χ2n) is 6.16. The minimum absolute atomic E-state index is 0.144. The Labute approximate surface area is 117 Å². The zero-order valence-corrected chi connectivity index (χ0v) is 12.0. The van der Waals surface area contributed by atoms with Gasteiger partial charge in [-0.15, -0.1) is 0 Å². The van der Waals surface area contributed by atoms with Gasteiger partial charge in [0.1, 0.15) is 0 Å². The van der Waals surface area contributed by atoms with Crippen LogP contribution >= 0.6 is 11.8 Å². The van der Waals surface area contributed by atoms with Gasteiger partial charge < -0.3 is 10.0 Å². The average molecular weight is 283 g/mol. The molecule has 106 valence electrons. The molecule has 2 atom stereocenters. The van der Waals surface area contributed by atoms with Crippen LogP contribution in [-0.2, 0) is 9.59 Å². The maximum absolute atomic E-state index is 12.5. The molecule has 0 spiro atoms. The van der Waals surface area contributed by atoms with Crippen molar-refractivity contribution in [1.29, 1.82) is 0 Å². The molecule has 2 saturated heterocycles. The van der Waals surface area contributed by atoms with Crippen molar-refractivity contribution in [3.05, 3.63) is 0 Å². The second-order valence-corrected chi connectivity index (χ2v) is 7.38. The minimum atomic E-state index is -0.690. The van der Waals surface area contributed by atoms with Gasteiger partial charge in [0.25, 0.3) is 0 Å². The molecule has 0 unspecified atom stereocenters. The van der Waals surface area contributed by atoms with Gasteiger partial charge in [0.15, 0.2) is 0 Å². The van der Waals surface area contributed by atoms with Gasteiger partial charge in [-0.2, -0.15) is 11.8 Å². The summed E-state index contributed by atoms with van der Waals surface area (Å²) in [4.78, 5) is 26.0. The lowest BCUT2D eigenvalue weighted by molar-refractivity contribution is -0.149. The summed E-state index contributed by atoms with van der Waals surface area (Å²) in [7, 11) is 0. The number of hydrogen-bond donors (Lipinski definition) is 1. The number of carboxylic acids is 1. The summed E-state index contributed by atoms with van der Waals surface area (Å²) in [5.74, 6) is 1.99. The first-order valence-electron chi connectivity index (χ1n) is 7.23. The number of rotatable bonds is 2. The minimum Gasteiger partial charge on any atom is -0.481 e. The fraction of sp³-hybridized carbons (Fsp3) is 0.857. The van der Waals surface area contributed by atoms with E-state index >= 15 is 0 Å². The van der Waals surface area contributed by atoms with Crippen LogP contribution in [0.2, 0.25) is 0 Å². The normalized spacial score (nSPS) is 35.4. The van der Waals surface area contributed by atoms with Crippen molar-refractivity contribution in [1.82, 2.24) is 4.90 Å². The van der Waals surface area contributed by atoms with Gasteiger partial charge in [-0.3, -0.25) is 9.59 Å². The van der Waals surface area contributed by atoms with Crippen molar-refractivity contribution in [2.24, 2.45) is 17.3 Å². The van der Waals surface area contributed by atoms with Gasteiger partial charge in [0.05, 0.1) is 5.41 Å². The SMILES string of the molecule is O=C(C1CCSCC1)N1C[C@@H]2CCC[C@@]2(C(=O)O)C1. The van der Waals surface area contributed by atoms with Gasteiger partial charge in [0, 0.05) is 19.0 Å². The molecule has 0 aromatic rings. The number of nitrogens with zero attached hydrogens (tertiary/aromatic N) is 1. The Bertz CT molecular complexity index is 394. The number of carboxylic acid groups (broad SMARTS) is 1. The molecule has 3 fully saturated rings. The molecule has 4 nitrogen and oxygen atoms in total. The van der Waals surface area contributed by atoms with E-state index in [1.807, 2.05) is 16.7 Å². The van der Waals surface area contributed by atoms with Gasteiger partial charge in [-0.25, -0.2) is 0 Å². The molecule has 0 aromatic carbocycles. The average Bonchev–Trinajstić information content (AvgIpc) is 2.96. The highest BCUT2D eigenvalue weighted by Gasteiger charge is 2.56. The molecule has 1 saturated carbocycles. The molecule has 1 N–H and O–H groups in total. The third-order valence-electron chi connectivity index (χ3n) is 5.18. The Morgan fingerprint density at radius 1 is 1.21 bits per heavy atom. The summed E-state index contributed by atoms with van der Waals surface area (Å²) in [5.41, 5.74) is -0.626. The smallest absolute Gasteiger partial charge is 0.311 e. The first-order chi connectivity index (χ1) is 9.13. The van der Waals surface area contributed by atoms with Gasteiger partial charge in [-0.1, -0.05) is 6.42 Å². The topological polar surface area (TPSA) is 57.6 Å². The van der Waals surface area contributed by atoms with Crippen LogP contribution in [0.15, 0.2) is 0 Å². The van der Waals surface area contributed by atoms with Crippen LogP contribution < -0.4 is 0 Å². The molecule has 19 heavy (non-hydrogen) atoms. The van der Waals surface area contributed by atoms with Gasteiger partial charge >= 0.3 is 5.97 Å². The fourth-order valence-electron chi connectivity index (χ4n) is 4.01. The monoisotopic (exact) mass is 283 g/mol. The number of likely N-dealkylation sites (tertiary alicyclic amines) is 1. The third kappa shape index (κ3) is 2.16. The maximum atomic E-state index is 12.5. The molecule has 0 radical (unpaired) electrons. The summed E-state index contributed by atoms with van der Waals surface area (Å²) in [6.45, 7) is 1.13. The standard InChI is InChI=1S/C14H21NO3S/c16-12(10-3-6-19-7-4-10)15-8-11-2-1-5-14(11,9-15)13(17)18/h10-11H,1-9H2,(H,17,18)/t11-,14+/m0/s1. The van der Waals surface area contributed by atoms with Crippen molar-refractivity contribution in [3.8, 4) is 0 Å². The molecule has 2 aliphatic heterocycles. The van der Waals surface area contributed by atoms with Crippen molar-refractivity contribution < 1.29 is 14.7 Å². The summed E-state index contributed by atoms with van der Waals surface area (Å²) < 4.78 is 0. The molecule has 0 aromatic heterocycles. The summed E-state index contributed by atoms with van der Waals surface area (Å²) in [6, 6.07) is 0. The number of thioether (sulfide) groups is 1. The quantitative estimate of drug-likeness (QED) is 0.840. The predicted octanol–water partition coefficient (Wildman–Crippen LogP) is 1.84. The lowest BCUT2D eigenvalue weighted by atomic mass is 9.81. The summed E-state index contributed by atoms with van der Waals surface area (Å²) >= 11 is 1.91. The van der Waals surface area contributed by atoms with Crippen LogP contribution in [0, 0.1) is 17.3 Å². The summed E-state index contributed by atoms with van der Waals surface area (Å²) in [5, 5.41) is 9.54. The van der Waals surface area contributed by atoms with Crippen LogP contribution in [0.3, 0.4) is 0 Å². The molecular weight excluding hydrogens is 262 g/mol. The van der Waals surface area contributed by atoms with Gasteiger partial charge in [-0.05, 0) is 43.1 Å². The van der Waals surface area contributed by atoms with Crippen LogP contribution in [0.25, 0.3) is 0 Å². The Kier molecular flexibility index (Phi) is 3.50. The van der Waals surface area contributed by atoms with E-state index in [1.165, 1.54) is 0 Å². The first kappa shape index (κ1) is 13.3. The van der Waals surface area contributed by atoms with E-state index < -0.39 is 11.4 Å². The fourth-order valence-corrected chi connectivity index (χ4v) is 5.12. The molecule has 0 bridgehead atoms. The molecule has 1 amide bonds. The molecule has 1 aliphatic carbocycles. The van der Waals surface area contributed by atoms with Gasteiger partial charge in [0.2, 0.25) is 5.91 Å². The highest BCUT2D eigenvalue weighted by atomic mass is 32.2. The highest BCUT2D eigenvalue weighted by molar-refractivity contribution is 7.99. The maximum Gasteiger partial charge on any atom is 0.311 e. The Morgan fingerprint density at radius 2 is 1.95 bits per heavy atom. The molecule has 3 rings (SSSR count). The Hall–Kier alpha value is -0.710. The number of carbonyl (C=O) groups is 2. The highest BCUT2D eigenvalue weighted by Crippen LogP contribution is 2.49. The molecule has 5 heteroatoms. The van der Waals surface area contributed by atoms with Crippen molar-refractivity contribution in [2.45, 2.75) is 32.1 Å². The molecule has 2 heterocycles. The Morgan fingerprint density at radius 3 is 2.58 bits per heavy atom. The Balaban J connectivity index is 1.71. The van der Waals surface area contributed by atoms with E-state index in [0.717, 1.165) is 43.6 Å². The van der Waals surface area contributed by atoms with E-state index in [0.29, 0.717) is 13.1 Å². The lowest BCUT2D eigenvalue weighted by Crippen LogP contribution is -2.40. The number of aliphatic carboxylic acids is 1. The molecule has 3 aliphatic rings. The van der Waals surface area contributed by atoms with Crippen molar-refractivity contribution in [3.63, 3.8) is 0 Å². The predicted molar refractivity (Wildman–Crippen MR) is 74.0 cm³/mol. The van der Waals surface area contributed by atoms with Crippen molar-refractivity contribution in [2.75, 3.05) is 24.6 Å². The zero-order chi connectivity index (χ0) is 13.5. The number of hydrogen-bond acceptors (Lipinski definition) is 3. The lowest BCUT2D eigenvalue weighted by Gasteiger charge is -2.27. The van der Waals surface area contributed by atoms with E-state index in [1.54, 1.807) is 0 Å².